The Morgan fingerprint density at radius 2 is 2.26 bits per heavy atom. The van der Waals surface area contributed by atoms with Crippen molar-refractivity contribution in [1.82, 2.24) is 9.97 Å². The van der Waals surface area contributed by atoms with Gasteiger partial charge in [0.15, 0.2) is 0 Å². The summed E-state index contributed by atoms with van der Waals surface area (Å²) in [5.74, 6) is 4.27. The van der Waals surface area contributed by atoms with E-state index in [4.69, 9.17) is 4.74 Å². The number of ether oxygens (including phenoxy) is 1. The summed E-state index contributed by atoms with van der Waals surface area (Å²) in [5, 5.41) is 3.54. The lowest BCUT2D eigenvalue weighted by molar-refractivity contribution is 0.303. The van der Waals surface area contributed by atoms with Crippen molar-refractivity contribution in [3.8, 4) is 5.88 Å². The molecule has 0 amide bonds. The van der Waals surface area contributed by atoms with Crippen molar-refractivity contribution in [2.45, 2.75) is 45.6 Å². The summed E-state index contributed by atoms with van der Waals surface area (Å²) in [6.45, 7) is 4.89. The quantitative estimate of drug-likeness (QED) is 0.884. The maximum atomic E-state index is 5.41. The number of aromatic nitrogens is 2. The van der Waals surface area contributed by atoms with Crippen LogP contribution in [-0.4, -0.2) is 22.6 Å². The third kappa shape index (κ3) is 2.67. The second kappa shape index (κ2) is 5.35. The van der Waals surface area contributed by atoms with E-state index in [1.165, 1.54) is 25.7 Å². The molecule has 0 aliphatic heterocycles. The van der Waals surface area contributed by atoms with Gasteiger partial charge in [-0.25, -0.2) is 9.97 Å². The lowest BCUT2D eigenvalue weighted by atomic mass is 9.84. The van der Waals surface area contributed by atoms with E-state index >= 15 is 0 Å². The molecule has 2 fully saturated rings. The fourth-order valence-corrected chi connectivity index (χ4v) is 3.89. The molecule has 104 valence electrons. The number of anilines is 1. The first-order valence-corrected chi connectivity index (χ1v) is 7.47. The molecule has 0 spiro atoms. The topological polar surface area (TPSA) is 47.0 Å². The summed E-state index contributed by atoms with van der Waals surface area (Å²) in [4.78, 5) is 8.39. The standard InChI is InChI=1S/C15H23N3O/c1-3-19-15-8-14(16-9-17-15)18-10(2)13-7-11-4-5-12(13)6-11/h8-13H,3-7H2,1-2H3,(H,16,17,18). The van der Waals surface area contributed by atoms with Crippen LogP contribution < -0.4 is 10.1 Å². The summed E-state index contributed by atoms with van der Waals surface area (Å²) in [5.41, 5.74) is 0. The van der Waals surface area contributed by atoms with Gasteiger partial charge in [-0.2, -0.15) is 0 Å². The molecule has 0 aromatic carbocycles. The van der Waals surface area contributed by atoms with Gasteiger partial charge < -0.3 is 10.1 Å². The fraction of sp³-hybridized carbons (Fsp3) is 0.733. The van der Waals surface area contributed by atoms with Gasteiger partial charge in [0.25, 0.3) is 0 Å². The van der Waals surface area contributed by atoms with Gasteiger partial charge in [0.1, 0.15) is 12.1 Å². The van der Waals surface area contributed by atoms with Gasteiger partial charge in [-0.3, -0.25) is 0 Å². The van der Waals surface area contributed by atoms with Gasteiger partial charge in [0.05, 0.1) is 6.61 Å². The van der Waals surface area contributed by atoms with Crippen LogP contribution in [0, 0.1) is 17.8 Å². The molecule has 4 heteroatoms. The first-order valence-electron chi connectivity index (χ1n) is 7.47. The molecule has 4 unspecified atom stereocenters. The van der Waals surface area contributed by atoms with Gasteiger partial charge in [-0.1, -0.05) is 6.42 Å². The normalized spacial score (nSPS) is 30.3. The van der Waals surface area contributed by atoms with Crippen molar-refractivity contribution in [2.75, 3.05) is 11.9 Å². The molecule has 2 aliphatic carbocycles. The number of hydrogen-bond donors (Lipinski definition) is 1. The van der Waals surface area contributed by atoms with Crippen molar-refractivity contribution in [1.29, 1.82) is 0 Å². The molecule has 1 N–H and O–H groups in total. The minimum atomic E-state index is 0.486. The van der Waals surface area contributed by atoms with Crippen molar-refractivity contribution >= 4 is 5.82 Å². The molecule has 4 atom stereocenters. The van der Waals surface area contributed by atoms with Crippen LogP contribution in [0.15, 0.2) is 12.4 Å². The number of hydrogen-bond acceptors (Lipinski definition) is 4. The Bertz CT molecular complexity index is 437. The molecule has 3 rings (SSSR count). The molecule has 2 aliphatic rings. The van der Waals surface area contributed by atoms with Crippen molar-refractivity contribution < 1.29 is 4.74 Å². The van der Waals surface area contributed by atoms with E-state index < -0.39 is 0 Å². The largest absolute Gasteiger partial charge is 0.478 e. The Morgan fingerprint density at radius 3 is 2.95 bits per heavy atom. The minimum Gasteiger partial charge on any atom is -0.478 e. The zero-order valence-corrected chi connectivity index (χ0v) is 11.8. The Balaban J connectivity index is 1.62. The molecule has 1 aromatic heterocycles. The van der Waals surface area contributed by atoms with Crippen LogP contribution in [0.3, 0.4) is 0 Å². The van der Waals surface area contributed by atoms with Crippen LogP contribution in [-0.2, 0) is 0 Å². The van der Waals surface area contributed by atoms with Crippen LogP contribution in [0.2, 0.25) is 0 Å². The molecule has 4 nitrogen and oxygen atoms in total. The van der Waals surface area contributed by atoms with Gasteiger partial charge in [-0.05, 0) is 50.9 Å². The van der Waals surface area contributed by atoms with Crippen LogP contribution >= 0.6 is 0 Å². The molecular weight excluding hydrogens is 238 g/mol. The van der Waals surface area contributed by atoms with Crippen LogP contribution in [0.25, 0.3) is 0 Å². The fourth-order valence-electron chi connectivity index (χ4n) is 3.89. The van der Waals surface area contributed by atoms with Crippen LogP contribution in [0.4, 0.5) is 5.82 Å². The Hall–Kier alpha value is -1.32. The highest BCUT2D eigenvalue weighted by atomic mass is 16.5. The summed E-state index contributed by atoms with van der Waals surface area (Å²) in [7, 11) is 0. The Labute approximate surface area is 115 Å². The zero-order valence-electron chi connectivity index (χ0n) is 11.8. The van der Waals surface area contributed by atoms with E-state index in [1.54, 1.807) is 6.33 Å². The molecule has 19 heavy (non-hydrogen) atoms. The van der Waals surface area contributed by atoms with E-state index in [1.807, 2.05) is 13.0 Å². The highest BCUT2D eigenvalue weighted by molar-refractivity contribution is 5.38. The number of rotatable bonds is 5. The van der Waals surface area contributed by atoms with Crippen LogP contribution in [0.1, 0.15) is 39.5 Å². The summed E-state index contributed by atoms with van der Waals surface area (Å²) in [6.07, 6.45) is 7.29. The van der Waals surface area contributed by atoms with E-state index in [2.05, 4.69) is 22.2 Å². The van der Waals surface area contributed by atoms with E-state index in [9.17, 15) is 0 Å². The minimum absolute atomic E-state index is 0.486. The van der Waals surface area contributed by atoms with Gasteiger partial charge in [0.2, 0.25) is 5.88 Å². The number of nitrogens with zero attached hydrogens (tertiary/aromatic N) is 2. The average Bonchev–Trinajstić information content (AvgIpc) is 3.02. The highest BCUT2D eigenvalue weighted by Gasteiger charge is 2.41. The van der Waals surface area contributed by atoms with Gasteiger partial charge in [-0.15, -0.1) is 0 Å². The first kappa shape index (κ1) is 12.7. The zero-order chi connectivity index (χ0) is 13.2. The van der Waals surface area contributed by atoms with Crippen molar-refractivity contribution in [2.24, 2.45) is 17.8 Å². The molecule has 1 heterocycles. The first-order chi connectivity index (χ1) is 9.26. The second-order valence-corrected chi connectivity index (χ2v) is 5.95. The predicted octanol–water partition coefficient (Wildman–Crippen LogP) is 3.11. The molecule has 1 aromatic rings. The smallest absolute Gasteiger partial charge is 0.218 e. The lowest BCUT2D eigenvalue weighted by Gasteiger charge is -2.28. The summed E-state index contributed by atoms with van der Waals surface area (Å²) in [6, 6.07) is 2.38. The number of fused-ring (bicyclic) bond motifs is 2. The second-order valence-electron chi connectivity index (χ2n) is 5.95. The Kier molecular flexibility index (Phi) is 3.58. The molecular formula is C15H23N3O. The molecule has 0 saturated heterocycles. The van der Waals surface area contributed by atoms with Gasteiger partial charge >= 0.3 is 0 Å². The number of nitrogens with one attached hydrogen (secondary N) is 1. The van der Waals surface area contributed by atoms with Gasteiger partial charge in [0, 0.05) is 12.1 Å². The van der Waals surface area contributed by atoms with Crippen molar-refractivity contribution in [3.63, 3.8) is 0 Å². The third-order valence-electron chi connectivity index (χ3n) is 4.74. The summed E-state index contributed by atoms with van der Waals surface area (Å²) < 4.78 is 5.41. The molecule has 2 bridgehead atoms. The molecule has 0 radical (unpaired) electrons. The predicted molar refractivity (Wildman–Crippen MR) is 75.2 cm³/mol. The third-order valence-corrected chi connectivity index (χ3v) is 4.74. The Morgan fingerprint density at radius 1 is 1.37 bits per heavy atom. The average molecular weight is 261 g/mol. The van der Waals surface area contributed by atoms with Crippen molar-refractivity contribution in [3.05, 3.63) is 12.4 Å². The maximum absolute atomic E-state index is 5.41. The van der Waals surface area contributed by atoms with E-state index in [-0.39, 0.29) is 0 Å². The SMILES string of the molecule is CCOc1cc(NC(C)C2CC3CCC2C3)ncn1. The highest BCUT2D eigenvalue weighted by Crippen LogP contribution is 2.49. The summed E-state index contributed by atoms with van der Waals surface area (Å²) >= 11 is 0. The monoisotopic (exact) mass is 261 g/mol. The van der Waals surface area contributed by atoms with E-state index in [0.717, 1.165) is 23.6 Å². The van der Waals surface area contributed by atoms with Crippen LogP contribution in [0.5, 0.6) is 5.88 Å². The lowest BCUT2D eigenvalue weighted by Crippen LogP contribution is -2.30. The molecule has 2 saturated carbocycles. The van der Waals surface area contributed by atoms with E-state index in [0.29, 0.717) is 18.5 Å². The maximum Gasteiger partial charge on any atom is 0.218 e.